The van der Waals surface area contributed by atoms with Crippen molar-refractivity contribution in [1.29, 1.82) is 0 Å². The average molecular weight is 441 g/mol. The number of amides is 1. The molecule has 10 nitrogen and oxygen atoms in total. The van der Waals surface area contributed by atoms with Crippen LogP contribution >= 0.6 is 11.3 Å². The molecule has 2 heterocycles. The van der Waals surface area contributed by atoms with Crippen LogP contribution in [-0.4, -0.2) is 39.5 Å². The number of rotatable bonds is 6. The van der Waals surface area contributed by atoms with Gasteiger partial charge in [0.2, 0.25) is 10.0 Å². The van der Waals surface area contributed by atoms with Gasteiger partial charge < -0.3 is 0 Å². The van der Waals surface area contributed by atoms with Gasteiger partial charge in [-0.1, -0.05) is 12.1 Å². The first-order chi connectivity index (χ1) is 14.4. The van der Waals surface area contributed by atoms with Crippen LogP contribution in [0.4, 0.5) is 5.13 Å². The molecule has 0 aliphatic heterocycles. The molecule has 4 rings (SSSR count). The third kappa shape index (κ3) is 4.56. The monoisotopic (exact) mass is 441 g/mol. The van der Waals surface area contributed by atoms with E-state index in [9.17, 15) is 13.2 Å². The lowest BCUT2D eigenvalue weighted by atomic mass is 10.1. The van der Waals surface area contributed by atoms with Gasteiger partial charge in [-0.2, -0.15) is 0 Å². The summed E-state index contributed by atoms with van der Waals surface area (Å²) in [4.78, 5) is 17.7. The molecule has 0 unspecified atom stereocenters. The van der Waals surface area contributed by atoms with Crippen molar-refractivity contribution in [2.24, 2.45) is 5.14 Å². The maximum atomic E-state index is 12.5. The van der Waals surface area contributed by atoms with Crippen LogP contribution in [-0.2, 0) is 16.4 Å². The maximum Gasteiger partial charge on any atom is 0.257 e. The van der Waals surface area contributed by atoms with Crippen LogP contribution in [0.1, 0.15) is 20.8 Å². The minimum atomic E-state index is -3.71. The molecule has 1 amide bonds. The van der Waals surface area contributed by atoms with Crippen molar-refractivity contribution in [2.75, 3.05) is 5.32 Å². The van der Waals surface area contributed by atoms with E-state index in [1.54, 1.807) is 42.6 Å². The molecule has 4 aromatic rings. The van der Waals surface area contributed by atoms with Crippen molar-refractivity contribution in [3.63, 3.8) is 0 Å². The van der Waals surface area contributed by atoms with Gasteiger partial charge in [0.25, 0.3) is 5.91 Å². The number of nitrogens with zero attached hydrogens (tertiary/aromatic N) is 5. The zero-order valence-corrected chi connectivity index (χ0v) is 17.0. The van der Waals surface area contributed by atoms with E-state index >= 15 is 0 Å². The van der Waals surface area contributed by atoms with Crippen LogP contribution in [0.5, 0.6) is 0 Å². The van der Waals surface area contributed by atoms with E-state index in [0.717, 1.165) is 16.1 Å². The summed E-state index contributed by atoms with van der Waals surface area (Å²) in [7, 11) is -3.71. The molecule has 3 N–H and O–H groups in total. The van der Waals surface area contributed by atoms with Crippen LogP contribution in [0.3, 0.4) is 0 Å². The number of aromatic nitrogens is 5. The normalized spacial score (nSPS) is 11.4. The molecule has 152 valence electrons. The van der Waals surface area contributed by atoms with E-state index in [2.05, 4.69) is 25.8 Å². The van der Waals surface area contributed by atoms with Gasteiger partial charge in [0.1, 0.15) is 6.33 Å². The second-order valence-electron chi connectivity index (χ2n) is 6.25. The van der Waals surface area contributed by atoms with Gasteiger partial charge in [-0.05, 0) is 52.4 Å². The van der Waals surface area contributed by atoms with Crippen molar-refractivity contribution < 1.29 is 13.2 Å². The summed E-state index contributed by atoms with van der Waals surface area (Å²) < 4.78 is 24.1. The van der Waals surface area contributed by atoms with Crippen LogP contribution in [0.15, 0.2) is 66.0 Å². The van der Waals surface area contributed by atoms with Crippen LogP contribution in [0.25, 0.3) is 5.69 Å². The van der Waals surface area contributed by atoms with E-state index in [-0.39, 0.29) is 10.8 Å². The Hall–Kier alpha value is -3.48. The number of thiazole rings is 1. The van der Waals surface area contributed by atoms with E-state index in [1.807, 2.05) is 0 Å². The molecule has 0 atom stereocenters. The molecule has 2 aromatic carbocycles. The Balaban J connectivity index is 1.40. The highest BCUT2D eigenvalue weighted by Crippen LogP contribution is 2.22. The van der Waals surface area contributed by atoms with E-state index in [0.29, 0.717) is 17.1 Å². The van der Waals surface area contributed by atoms with Gasteiger partial charge in [-0.15, -0.1) is 16.4 Å². The van der Waals surface area contributed by atoms with E-state index < -0.39 is 10.0 Å². The van der Waals surface area contributed by atoms with Crippen molar-refractivity contribution >= 4 is 32.4 Å². The number of hydrogen-bond acceptors (Lipinski definition) is 8. The molecule has 0 saturated carbocycles. The number of primary sulfonamides is 1. The Morgan fingerprint density at radius 2 is 1.83 bits per heavy atom. The minimum absolute atomic E-state index is 0.0645. The molecule has 30 heavy (non-hydrogen) atoms. The molecule has 2 aromatic heterocycles. The summed E-state index contributed by atoms with van der Waals surface area (Å²) in [5.41, 5.74) is 2.12. The first-order valence-corrected chi connectivity index (χ1v) is 11.0. The van der Waals surface area contributed by atoms with Crippen molar-refractivity contribution in [3.8, 4) is 5.69 Å². The predicted octanol–water partition coefficient (Wildman–Crippen LogP) is 1.61. The molecule has 0 bridgehead atoms. The summed E-state index contributed by atoms with van der Waals surface area (Å²) in [5, 5.41) is 19.3. The smallest absolute Gasteiger partial charge is 0.257 e. The van der Waals surface area contributed by atoms with Crippen molar-refractivity contribution in [3.05, 3.63) is 77.1 Å². The zero-order valence-electron chi connectivity index (χ0n) is 15.3. The number of nitrogens with one attached hydrogen (secondary N) is 1. The van der Waals surface area contributed by atoms with Gasteiger partial charge in [0.05, 0.1) is 10.6 Å². The molecule has 0 spiro atoms. The highest BCUT2D eigenvalue weighted by atomic mass is 32.2. The summed E-state index contributed by atoms with van der Waals surface area (Å²) >= 11 is 1.34. The molecule has 0 fully saturated rings. The lowest BCUT2D eigenvalue weighted by molar-refractivity contribution is 0.102. The number of anilines is 1. The van der Waals surface area contributed by atoms with Crippen molar-refractivity contribution in [2.45, 2.75) is 11.3 Å². The van der Waals surface area contributed by atoms with Crippen LogP contribution in [0.2, 0.25) is 0 Å². The highest BCUT2D eigenvalue weighted by Gasteiger charge is 2.11. The second-order valence-corrected chi connectivity index (χ2v) is 8.93. The third-order valence-corrected chi connectivity index (χ3v) is 5.99. The Bertz CT molecular complexity index is 1270. The number of benzene rings is 2. The fourth-order valence-corrected chi connectivity index (χ4v) is 4.02. The standard InChI is InChI=1S/C18H15N7O3S2/c19-30(27,28)16-7-1-12(2-8-16)9-15-10-20-18(29-15)22-17(26)13-3-5-14(6-4-13)25-11-21-23-24-25/h1-8,10-11H,9H2,(H2,19,27,28)(H,20,22,26). The average Bonchev–Trinajstić information content (AvgIpc) is 3.40. The minimum Gasteiger partial charge on any atom is -0.298 e. The number of tetrazole rings is 1. The van der Waals surface area contributed by atoms with E-state index in [1.165, 1.54) is 34.5 Å². The Labute approximate surface area is 175 Å². The predicted molar refractivity (Wildman–Crippen MR) is 110 cm³/mol. The lowest BCUT2D eigenvalue weighted by Gasteiger charge is -2.03. The first-order valence-electron chi connectivity index (χ1n) is 8.60. The fraction of sp³-hybridized carbons (Fsp3) is 0.0556. The van der Waals surface area contributed by atoms with Gasteiger partial charge >= 0.3 is 0 Å². The Kier molecular flexibility index (Phi) is 5.35. The molecule has 0 aliphatic carbocycles. The number of nitrogens with two attached hydrogens (primary N) is 1. The fourth-order valence-electron chi connectivity index (χ4n) is 2.66. The molecular formula is C18H15N7O3S2. The van der Waals surface area contributed by atoms with E-state index in [4.69, 9.17) is 5.14 Å². The molecular weight excluding hydrogens is 426 g/mol. The number of carbonyl (C=O) groups is 1. The zero-order chi connectivity index (χ0) is 21.1. The van der Waals surface area contributed by atoms with Gasteiger partial charge in [0, 0.05) is 23.1 Å². The number of sulfonamides is 1. The topological polar surface area (TPSA) is 146 Å². The molecule has 12 heteroatoms. The Morgan fingerprint density at radius 3 is 2.47 bits per heavy atom. The summed E-state index contributed by atoms with van der Waals surface area (Å²) in [6.45, 7) is 0. The number of carbonyl (C=O) groups excluding carboxylic acids is 1. The lowest BCUT2D eigenvalue weighted by Crippen LogP contribution is -2.11. The van der Waals surface area contributed by atoms with Crippen LogP contribution in [0, 0.1) is 0 Å². The maximum absolute atomic E-state index is 12.5. The SMILES string of the molecule is NS(=O)(=O)c1ccc(Cc2cnc(NC(=O)c3ccc(-n4cnnn4)cc3)s2)cc1. The highest BCUT2D eigenvalue weighted by molar-refractivity contribution is 7.89. The van der Waals surface area contributed by atoms with Crippen LogP contribution < -0.4 is 10.5 Å². The molecule has 0 aliphatic rings. The second kappa shape index (κ2) is 8.10. The molecule has 0 saturated heterocycles. The Morgan fingerprint density at radius 1 is 1.10 bits per heavy atom. The summed E-state index contributed by atoms with van der Waals surface area (Å²) in [5.74, 6) is -0.281. The quantitative estimate of drug-likeness (QED) is 0.462. The van der Waals surface area contributed by atoms with Gasteiger partial charge in [-0.3, -0.25) is 10.1 Å². The van der Waals surface area contributed by atoms with Crippen molar-refractivity contribution in [1.82, 2.24) is 25.2 Å². The largest absolute Gasteiger partial charge is 0.298 e. The molecule has 0 radical (unpaired) electrons. The first kappa shape index (κ1) is 19.8. The third-order valence-electron chi connectivity index (χ3n) is 4.15. The van der Waals surface area contributed by atoms with Gasteiger partial charge in [0.15, 0.2) is 5.13 Å². The van der Waals surface area contributed by atoms with Gasteiger partial charge in [-0.25, -0.2) is 23.2 Å². The summed E-state index contributed by atoms with van der Waals surface area (Å²) in [6, 6.07) is 13.2. The summed E-state index contributed by atoms with van der Waals surface area (Å²) in [6.07, 6.45) is 3.70. The number of hydrogen-bond donors (Lipinski definition) is 2.